The summed E-state index contributed by atoms with van der Waals surface area (Å²) in [6.07, 6.45) is -0.138. The number of aromatic hydroxyl groups is 1. The van der Waals surface area contributed by atoms with Crippen LogP contribution in [-0.4, -0.2) is 21.7 Å². The largest absolute Gasteiger partial charge is 0.508 e. The second kappa shape index (κ2) is 5.80. The van der Waals surface area contributed by atoms with Gasteiger partial charge >= 0.3 is 10.0 Å². The van der Waals surface area contributed by atoms with Crippen molar-refractivity contribution in [3.8, 4) is 5.75 Å². The van der Waals surface area contributed by atoms with E-state index in [2.05, 4.69) is 0 Å². The quantitative estimate of drug-likeness (QED) is 0.597. The molecule has 0 amide bonds. The molecular formula is C10H14O3Si. The van der Waals surface area contributed by atoms with Crippen LogP contribution in [0.2, 0.25) is 0 Å². The van der Waals surface area contributed by atoms with Gasteiger partial charge in [0.25, 0.3) is 0 Å². The molecule has 4 heteroatoms. The second-order valence-electron chi connectivity index (χ2n) is 2.84. The topological polar surface area (TPSA) is 38.7 Å². The number of para-hydroxylation sites is 1. The van der Waals surface area contributed by atoms with Crippen molar-refractivity contribution in [1.82, 2.24) is 0 Å². The summed E-state index contributed by atoms with van der Waals surface area (Å²) in [7, 11) is 0.0233. The van der Waals surface area contributed by atoms with E-state index in [-0.39, 0.29) is 21.9 Å². The lowest BCUT2D eigenvalue weighted by atomic mass is 10.1. The van der Waals surface area contributed by atoms with Crippen LogP contribution in [0.1, 0.15) is 25.5 Å². The molecule has 0 aliphatic carbocycles. The van der Waals surface area contributed by atoms with E-state index >= 15 is 0 Å². The minimum absolute atomic E-state index is 0.0233. The summed E-state index contributed by atoms with van der Waals surface area (Å²) in [6, 6.07) is 7.16. The van der Waals surface area contributed by atoms with Gasteiger partial charge in [0.05, 0.1) is 6.10 Å². The van der Waals surface area contributed by atoms with E-state index in [4.69, 9.17) is 8.85 Å². The number of hydrogen-bond donors (Lipinski definition) is 1. The number of benzene rings is 1. The van der Waals surface area contributed by atoms with E-state index in [0.717, 1.165) is 5.56 Å². The molecule has 76 valence electrons. The summed E-state index contributed by atoms with van der Waals surface area (Å²) in [6.45, 7) is 4.45. The van der Waals surface area contributed by atoms with Gasteiger partial charge in [-0.2, -0.15) is 0 Å². The first-order valence-corrected chi connectivity index (χ1v) is 5.37. The zero-order valence-corrected chi connectivity index (χ0v) is 9.36. The molecule has 0 saturated carbocycles. The number of hydrogen-bond acceptors (Lipinski definition) is 3. The third kappa shape index (κ3) is 3.14. The summed E-state index contributed by atoms with van der Waals surface area (Å²) < 4.78 is 10.5. The maximum atomic E-state index is 9.52. The molecule has 0 aliphatic heterocycles. The molecule has 0 heterocycles. The lowest BCUT2D eigenvalue weighted by molar-refractivity contribution is 0.172. The fourth-order valence-corrected chi connectivity index (χ4v) is 1.52. The molecule has 1 aromatic carbocycles. The van der Waals surface area contributed by atoms with Crippen LogP contribution in [-0.2, 0) is 8.85 Å². The molecular weight excluding hydrogens is 196 g/mol. The first-order valence-electron chi connectivity index (χ1n) is 4.56. The van der Waals surface area contributed by atoms with Crippen LogP contribution in [0.5, 0.6) is 5.75 Å². The lowest BCUT2D eigenvalue weighted by Gasteiger charge is -2.13. The summed E-state index contributed by atoms with van der Waals surface area (Å²) in [5.74, 6) is 0.265. The summed E-state index contributed by atoms with van der Waals surface area (Å²) in [5.41, 5.74) is 0.791. The van der Waals surface area contributed by atoms with Crippen molar-refractivity contribution < 1.29 is 14.0 Å². The molecule has 0 fully saturated rings. The minimum atomic E-state index is -0.138. The first-order chi connectivity index (χ1) is 6.75. The molecule has 1 atom stereocenters. The Morgan fingerprint density at radius 3 is 2.79 bits per heavy atom. The zero-order chi connectivity index (χ0) is 10.4. The molecule has 2 radical (unpaired) electrons. The highest BCUT2D eigenvalue weighted by atomic mass is 28.3. The third-order valence-corrected chi connectivity index (χ3v) is 2.66. The van der Waals surface area contributed by atoms with Crippen molar-refractivity contribution in [3.05, 3.63) is 29.8 Å². The van der Waals surface area contributed by atoms with Crippen LogP contribution in [0.3, 0.4) is 0 Å². The van der Waals surface area contributed by atoms with Crippen LogP contribution >= 0.6 is 0 Å². The van der Waals surface area contributed by atoms with Gasteiger partial charge in [-0.15, -0.1) is 0 Å². The van der Waals surface area contributed by atoms with Crippen LogP contribution in [0.4, 0.5) is 0 Å². The van der Waals surface area contributed by atoms with Crippen LogP contribution in [0.15, 0.2) is 24.3 Å². The molecule has 0 spiro atoms. The van der Waals surface area contributed by atoms with Crippen molar-refractivity contribution in [3.63, 3.8) is 0 Å². The van der Waals surface area contributed by atoms with E-state index in [1.807, 2.05) is 26.0 Å². The van der Waals surface area contributed by atoms with Crippen LogP contribution in [0, 0.1) is 0 Å². The van der Waals surface area contributed by atoms with Gasteiger partial charge in [-0.05, 0) is 19.9 Å². The minimum Gasteiger partial charge on any atom is -0.508 e. The highest BCUT2D eigenvalue weighted by Crippen LogP contribution is 2.25. The van der Waals surface area contributed by atoms with E-state index in [9.17, 15) is 5.11 Å². The van der Waals surface area contributed by atoms with Crippen LogP contribution < -0.4 is 0 Å². The maximum Gasteiger partial charge on any atom is 0.433 e. The highest BCUT2D eigenvalue weighted by Gasteiger charge is 2.10. The molecule has 0 aliphatic rings. The Bertz CT molecular complexity index is 278. The standard InChI is InChI=1S/C10H14O3Si/c1-3-12-14-13-8(2)9-6-4-5-7-10(9)11/h4-8,11H,3H2,1-2H3. The van der Waals surface area contributed by atoms with Crippen molar-refractivity contribution in [2.45, 2.75) is 20.0 Å². The predicted octanol–water partition coefficient (Wildman–Crippen LogP) is 2.04. The molecule has 1 N–H and O–H groups in total. The summed E-state index contributed by atoms with van der Waals surface area (Å²) >= 11 is 0. The predicted molar refractivity (Wildman–Crippen MR) is 55.0 cm³/mol. The Labute approximate surface area is 86.7 Å². The molecule has 0 bridgehead atoms. The fourth-order valence-electron chi connectivity index (χ4n) is 1.06. The van der Waals surface area contributed by atoms with Crippen molar-refractivity contribution in [1.29, 1.82) is 0 Å². The normalized spacial score (nSPS) is 12.7. The van der Waals surface area contributed by atoms with Crippen LogP contribution in [0.25, 0.3) is 0 Å². The molecule has 1 unspecified atom stereocenters. The van der Waals surface area contributed by atoms with E-state index in [1.165, 1.54) is 0 Å². The molecule has 0 aromatic heterocycles. The molecule has 1 aromatic rings. The summed E-state index contributed by atoms with van der Waals surface area (Å²) in [4.78, 5) is 0. The first kappa shape index (κ1) is 11.2. The number of rotatable bonds is 5. The lowest BCUT2D eigenvalue weighted by Crippen LogP contribution is -2.08. The Kier molecular flexibility index (Phi) is 4.65. The number of phenols is 1. The molecule has 0 saturated heterocycles. The smallest absolute Gasteiger partial charge is 0.433 e. The Morgan fingerprint density at radius 2 is 2.14 bits per heavy atom. The average Bonchev–Trinajstić information content (AvgIpc) is 2.18. The molecule has 14 heavy (non-hydrogen) atoms. The van der Waals surface area contributed by atoms with Gasteiger partial charge in [-0.3, -0.25) is 0 Å². The van der Waals surface area contributed by atoms with E-state index in [1.54, 1.807) is 12.1 Å². The molecule has 3 nitrogen and oxygen atoms in total. The SMILES string of the molecule is CCO[Si]OC(C)c1ccccc1O. The third-order valence-electron chi connectivity index (χ3n) is 1.80. The second-order valence-corrected chi connectivity index (χ2v) is 3.53. The summed E-state index contributed by atoms with van der Waals surface area (Å²) in [5, 5.41) is 9.52. The van der Waals surface area contributed by atoms with Gasteiger partial charge in [0.2, 0.25) is 0 Å². The van der Waals surface area contributed by atoms with Crippen molar-refractivity contribution in [2.24, 2.45) is 0 Å². The van der Waals surface area contributed by atoms with Crippen molar-refractivity contribution in [2.75, 3.05) is 6.61 Å². The van der Waals surface area contributed by atoms with Gasteiger partial charge in [0, 0.05) is 12.2 Å². The van der Waals surface area contributed by atoms with Gasteiger partial charge in [-0.25, -0.2) is 0 Å². The van der Waals surface area contributed by atoms with Gasteiger partial charge < -0.3 is 14.0 Å². The van der Waals surface area contributed by atoms with E-state index in [0.29, 0.717) is 6.61 Å². The Balaban J connectivity index is 2.51. The Morgan fingerprint density at radius 1 is 1.43 bits per heavy atom. The van der Waals surface area contributed by atoms with Gasteiger partial charge in [0.15, 0.2) is 0 Å². The monoisotopic (exact) mass is 210 g/mol. The van der Waals surface area contributed by atoms with Gasteiger partial charge in [-0.1, -0.05) is 18.2 Å². The fraction of sp³-hybridized carbons (Fsp3) is 0.400. The van der Waals surface area contributed by atoms with Crippen molar-refractivity contribution >= 4 is 10.0 Å². The van der Waals surface area contributed by atoms with Gasteiger partial charge in [0.1, 0.15) is 5.75 Å². The Hall–Kier alpha value is -0.843. The molecule has 1 rings (SSSR count). The maximum absolute atomic E-state index is 9.52. The zero-order valence-electron chi connectivity index (χ0n) is 8.36. The number of phenolic OH excluding ortho intramolecular Hbond substituents is 1. The van der Waals surface area contributed by atoms with E-state index < -0.39 is 0 Å². The average molecular weight is 210 g/mol. The highest BCUT2D eigenvalue weighted by molar-refractivity contribution is 6.18.